The minimum Gasteiger partial charge on any atom is -0.447 e. The van der Waals surface area contributed by atoms with Crippen molar-refractivity contribution < 1.29 is 31.9 Å². The average molecular weight is 772 g/mol. The number of alkyl halides is 4. The van der Waals surface area contributed by atoms with Crippen LogP contribution in [0.2, 0.25) is 5.02 Å². The summed E-state index contributed by atoms with van der Waals surface area (Å²) in [5.74, 6) is -0.543. The van der Waals surface area contributed by atoms with Gasteiger partial charge in [0.15, 0.2) is 11.8 Å². The van der Waals surface area contributed by atoms with Crippen molar-refractivity contribution in [3.8, 4) is 11.1 Å². The molecular weight excluding hydrogens is 730 g/mol. The lowest BCUT2D eigenvalue weighted by molar-refractivity contribution is -0.134. The molecule has 3 aromatic rings. The number of hydrogen-bond donors (Lipinski definition) is 3. The number of amidine groups is 1. The number of hydrazone groups is 1. The number of carbonyl (C=O) groups excluding carboxylic acids is 2. The van der Waals surface area contributed by atoms with E-state index in [0.29, 0.717) is 38.8 Å². The Morgan fingerprint density at radius 3 is 2.46 bits per heavy atom. The second-order valence-corrected chi connectivity index (χ2v) is 15.4. The molecule has 2 aromatic carbocycles. The number of halogens is 5. The Morgan fingerprint density at radius 2 is 1.89 bits per heavy atom. The van der Waals surface area contributed by atoms with E-state index < -0.39 is 54.4 Å². The first-order valence-corrected chi connectivity index (χ1v) is 17.8. The SMILES string of the molecule is C=NN(/C(=N\C)C(F)F)c1cc([C@@H](COC(=O)N[C@@H]2CC2C2CC2)N2C(=N)N[C@](CC(C)(C)C)(c3ccc(-c4cnn(C(F)F)c4)cc3)C2=O)ccc1Cl. The molecule has 6 rings (SSSR count). The molecule has 1 unspecified atom stereocenters. The van der Waals surface area contributed by atoms with Crippen LogP contribution >= 0.6 is 11.6 Å². The Morgan fingerprint density at radius 1 is 1.19 bits per heavy atom. The van der Waals surface area contributed by atoms with Crippen LogP contribution in [0.3, 0.4) is 0 Å². The van der Waals surface area contributed by atoms with Crippen LogP contribution in [0.5, 0.6) is 0 Å². The molecule has 17 heteroatoms. The van der Waals surface area contributed by atoms with Crippen molar-refractivity contribution in [3.63, 3.8) is 0 Å². The molecule has 4 atom stereocenters. The minimum absolute atomic E-state index is 0.000544. The van der Waals surface area contributed by atoms with Gasteiger partial charge in [0, 0.05) is 31.6 Å². The standard InChI is InChI=1S/C37H42ClF4N9O3/c1-36(2,3)19-37(24-11-8-20(9-12-24)23-16-46-49(17-23)33(41)42)32(52)50(34(43)48-37)29(18-54-35(53)47-27-15-25(27)21-6-7-21)22-10-13-26(38)28(14-22)51(45-5)31(44-4)30(39)40/h8-14,16-17,21,25,27,29-30,33H,5-7,15,18-19H2,1-4H3,(H2,43,48)(H,47,53)/b44-31-/t25?,27-,29-,37-/m1/s1. The summed E-state index contributed by atoms with van der Waals surface area (Å²) in [6.07, 6.45) is 2.17. The van der Waals surface area contributed by atoms with E-state index in [4.69, 9.17) is 16.3 Å². The van der Waals surface area contributed by atoms with Crippen molar-refractivity contribution in [2.45, 2.75) is 77.1 Å². The number of guanidine groups is 1. The highest BCUT2D eigenvalue weighted by atomic mass is 35.5. The number of carbonyl (C=O) groups is 2. The van der Waals surface area contributed by atoms with Crippen LogP contribution in [0.25, 0.3) is 11.1 Å². The third-order valence-corrected chi connectivity index (χ3v) is 10.2. The van der Waals surface area contributed by atoms with Gasteiger partial charge >= 0.3 is 12.6 Å². The van der Waals surface area contributed by atoms with Gasteiger partial charge in [0.05, 0.1) is 22.9 Å². The number of ether oxygens (including phenoxy) is 1. The average Bonchev–Trinajstić information content (AvgIpc) is 4.03. The molecule has 2 amide bonds. The van der Waals surface area contributed by atoms with E-state index in [2.05, 4.69) is 32.5 Å². The number of nitrogens with zero attached hydrogens (tertiary/aromatic N) is 6. The molecule has 288 valence electrons. The molecule has 54 heavy (non-hydrogen) atoms. The zero-order valence-corrected chi connectivity index (χ0v) is 31.0. The van der Waals surface area contributed by atoms with Gasteiger partial charge in [-0.2, -0.15) is 19.0 Å². The van der Waals surface area contributed by atoms with Crippen molar-refractivity contribution in [3.05, 3.63) is 71.0 Å². The second kappa shape index (κ2) is 15.0. The third kappa shape index (κ3) is 7.93. The predicted molar refractivity (Wildman–Crippen MR) is 197 cm³/mol. The molecule has 2 aliphatic carbocycles. The number of hydrogen-bond acceptors (Lipinski definition) is 7. The second-order valence-electron chi connectivity index (χ2n) is 15.0. The number of nitrogens with one attached hydrogen (secondary N) is 3. The summed E-state index contributed by atoms with van der Waals surface area (Å²) >= 11 is 6.50. The quantitative estimate of drug-likeness (QED) is 0.0709. The maximum Gasteiger partial charge on any atom is 0.407 e. The largest absolute Gasteiger partial charge is 0.447 e. The van der Waals surface area contributed by atoms with Gasteiger partial charge in [0.2, 0.25) is 0 Å². The van der Waals surface area contributed by atoms with Crippen LogP contribution in [0, 0.1) is 22.7 Å². The van der Waals surface area contributed by atoms with Crippen molar-refractivity contribution in [1.82, 2.24) is 25.3 Å². The summed E-state index contributed by atoms with van der Waals surface area (Å²) in [5.41, 5.74) is -0.173. The number of alkyl carbamates (subject to hydrolysis) is 1. The smallest absolute Gasteiger partial charge is 0.407 e. The van der Waals surface area contributed by atoms with Crippen LogP contribution in [0.15, 0.2) is 65.0 Å². The molecule has 1 aliphatic heterocycles. The van der Waals surface area contributed by atoms with Gasteiger partial charge in [-0.15, -0.1) is 0 Å². The van der Waals surface area contributed by atoms with Gasteiger partial charge in [-0.1, -0.05) is 62.7 Å². The monoisotopic (exact) mass is 771 g/mol. The Kier molecular flexibility index (Phi) is 10.8. The number of rotatable bonds is 13. The fourth-order valence-corrected chi connectivity index (χ4v) is 7.42. The van der Waals surface area contributed by atoms with Crippen LogP contribution in [-0.2, 0) is 15.1 Å². The first kappa shape index (κ1) is 38.7. The van der Waals surface area contributed by atoms with E-state index >= 15 is 0 Å². The summed E-state index contributed by atoms with van der Waals surface area (Å²) < 4.78 is 60.7. The van der Waals surface area contributed by atoms with E-state index in [-0.39, 0.29) is 29.1 Å². The topological polar surface area (TPSA) is 140 Å². The molecule has 3 fully saturated rings. The number of aromatic nitrogens is 2. The minimum atomic E-state index is -3.03. The molecule has 12 nitrogen and oxygen atoms in total. The molecule has 1 aromatic heterocycles. The number of anilines is 1. The van der Waals surface area contributed by atoms with Crippen LogP contribution in [0.1, 0.15) is 70.2 Å². The molecular formula is C37H42ClF4N9O3. The highest BCUT2D eigenvalue weighted by Crippen LogP contribution is 2.50. The fraction of sp³-hybridized carbons (Fsp3) is 0.459. The third-order valence-electron chi connectivity index (χ3n) is 9.88. The Labute approximate surface area is 315 Å². The molecule has 2 saturated carbocycles. The summed E-state index contributed by atoms with van der Waals surface area (Å²) in [5, 5.41) is 23.5. The molecule has 0 spiro atoms. The molecule has 2 heterocycles. The maximum absolute atomic E-state index is 15.0. The molecule has 0 radical (unpaired) electrons. The van der Waals surface area contributed by atoms with Crippen molar-refractivity contribution >= 4 is 47.8 Å². The van der Waals surface area contributed by atoms with E-state index in [0.717, 1.165) is 24.3 Å². The zero-order valence-electron chi connectivity index (χ0n) is 30.2. The molecule has 3 N–H and O–H groups in total. The van der Waals surface area contributed by atoms with E-state index in [1.54, 1.807) is 30.3 Å². The molecule has 0 bridgehead atoms. The normalized spacial score (nSPS) is 22.1. The fourth-order valence-electron chi connectivity index (χ4n) is 7.22. The number of benzene rings is 2. The van der Waals surface area contributed by atoms with Crippen molar-refractivity contribution in [2.75, 3.05) is 18.7 Å². The van der Waals surface area contributed by atoms with Gasteiger partial charge in [-0.3, -0.25) is 20.1 Å². The number of aliphatic imine (C=N–C) groups is 1. The summed E-state index contributed by atoms with van der Waals surface area (Å²) in [4.78, 5) is 32.9. The Bertz CT molecular complexity index is 1950. The van der Waals surface area contributed by atoms with Gasteiger partial charge < -0.3 is 15.4 Å². The maximum atomic E-state index is 15.0. The van der Waals surface area contributed by atoms with Gasteiger partial charge in [-0.05, 0) is 71.8 Å². The summed E-state index contributed by atoms with van der Waals surface area (Å²) in [6, 6.07) is 10.0. The first-order chi connectivity index (χ1) is 25.6. The lowest BCUT2D eigenvalue weighted by Gasteiger charge is -2.35. The van der Waals surface area contributed by atoms with Crippen molar-refractivity contribution in [1.29, 1.82) is 5.41 Å². The lowest BCUT2D eigenvalue weighted by atomic mass is 9.75. The van der Waals surface area contributed by atoms with Gasteiger partial charge in [-0.25, -0.2) is 23.3 Å². The molecule has 3 aliphatic rings. The highest BCUT2D eigenvalue weighted by Gasteiger charge is 2.55. The predicted octanol–water partition coefficient (Wildman–Crippen LogP) is 7.58. The zero-order chi connectivity index (χ0) is 39.1. The lowest BCUT2D eigenvalue weighted by Crippen LogP contribution is -2.47. The Balaban J connectivity index is 1.37. The van der Waals surface area contributed by atoms with Crippen LogP contribution in [-0.4, -0.2) is 71.3 Å². The Hall–Kier alpha value is -4.99. The first-order valence-electron chi connectivity index (χ1n) is 17.4. The van der Waals surface area contributed by atoms with E-state index in [1.165, 1.54) is 36.5 Å². The van der Waals surface area contributed by atoms with Gasteiger partial charge in [0.1, 0.15) is 12.1 Å². The van der Waals surface area contributed by atoms with E-state index in [1.807, 2.05) is 20.8 Å². The summed E-state index contributed by atoms with van der Waals surface area (Å²) in [6.45, 7) is 6.04. The van der Waals surface area contributed by atoms with Crippen LogP contribution < -0.4 is 15.6 Å². The summed E-state index contributed by atoms with van der Waals surface area (Å²) in [7, 11) is 1.17. The van der Waals surface area contributed by atoms with Crippen molar-refractivity contribution in [2.24, 2.45) is 27.3 Å². The van der Waals surface area contributed by atoms with Gasteiger partial charge in [0.25, 0.3) is 12.3 Å². The highest BCUT2D eigenvalue weighted by molar-refractivity contribution is 6.34. The van der Waals surface area contributed by atoms with E-state index in [9.17, 15) is 32.6 Å². The van der Waals surface area contributed by atoms with Crippen LogP contribution in [0.4, 0.5) is 28.0 Å². The number of amides is 2. The molecule has 1 saturated heterocycles.